The summed E-state index contributed by atoms with van der Waals surface area (Å²) in [4.78, 5) is 24.6. The molecule has 23 heavy (non-hydrogen) atoms. The largest absolute Gasteiger partial charge is 0.337 e. The maximum atomic E-state index is 12.2. The summed E-state index contributed by atoms with van der Waals surface area (Å²) in [6.07, 6.45) is 3.46. The summed E-state index contributed by atoms with van der Waals surface area (Å²) in [6.45, 7) is 3.24. The molecule has 1 saturated heterocycles. The number of carbonyl (C=O) groups is 1. The molecule has 1 fully saturated rings. The average molecular weight is 332 g/mol. The maximum Gasteiger partial charge on any atom is 0.317 e. The Balaban J connectivity index is 1.48. The molecule has 2 heterocycles. The number of piperazine rings is 1. The molecule has 1 N–H and O–H groups in total. The molecule has 0 saturated carbocycles. The molecule has 0 aliphatic carbocycles. The van der Waals surface area contributed by atoms with Gasteiger partial charge in [-0.2, -0.15) is 0 Å². The van der Waals surface area contributed by atoms with Gasteiger partial charge < -0.3 is 15.1 Å². The maximum absolute atomic E-state index is 12.2. The lowest BCUT2D eigenvalue weighted by atomic mass is 10.2. The number of benzene rings is 1. The third kappa shape index (κ3) is 4.10. The smallest absolute Gasteiger partial charge is 0.317 e. The standard InChI is InChI=1S/C16H18ClN5O/c17-14-4-1-3-13(11-14)12-20-16(23)22-9-7-21(8-10-22)15-18-5-2-6-19-15/h1-6,11H,7-10,12H2,(H,20,23). The Morgan fingerprint density at radius 3 is 2.57 bits per heavy atom. The van der Waals surface area contributed by atoms with E-state index < -0.39 is 0 Å². The van der Waals surface area contributed by atoms with Gasteiger partial charge in [0.05, 0.1) is 0 Å². The molecular weight excluding hydrogens is 314 g/mol. The monoisotopic (exact) mass is 331 g/mol. The van der Waals surface area contributed by atoms with Crippen molar-refractivity contribution in [3.8, 4) is 0 Å². The van der Waals surface area contributed by atoms with Crippen LogP contribution in [0, 0.1) is 0 Å². The van der Waals surface area contributed by atoms with Gasteiger partial charge >= 0.3 is 6.03 Å². The molecule has 0 spiro atoms. The number of amides is 2. The Morgan fingerprint density at radius 2 is 1.87 bits per heavy atom. The van der Waals surface area contributed by atoms with E-state index in [0.717, 1.165) is 18.7 Å². The molecule has 7 heteroatoms. The fraction of sp³-hybridized carbons (Fsp3) is 0.312. The van der Waals surface area contributed by atoms with Gasteiger partial charge in [-0.3, -0.25) is 0 Å². The van der Waals surface area contributed by atoms with Crippen molar-refractivity contribution in [3.05, 3.63) is 53.3 Å². The number of anilines is 1. The molecule has 1 aliphatic heterocycles. The van der Waals surface area contributed by atoms with Gasteiger partial charge in [-0.25, -0.2) is 14.8 Å². The van der Waals surface area contributed by atoms with Crippen molar-refractivity contribution in [1.29, 1.82) is 0 Å². The van der Waals surface area contributed by atoms with Gasteiger partial charge in [0.2, 0.25) is 5.95 Å². The van der Waals surface area contributed by atoms with Crippen LogP contribution in [0.25, 0.3) is 0 Å². The Morgan fingerprint density at radius 1 is 1.13 bits per heavy atom. The number of nitrogens with zero attached hydrogens (tertiary/aromatic N) is 4. The van der Waals surface area contributed by atoms with Crippen LogP contribution < -0.4 is 10.2 Å². The minimum absolute atomic E-state index is 0.0568. The first-order valence-corrected chi connectivity index (χ1v) is 7.89. The molecule has 2 aromatic rings. The fourth-order valence-electron chi connectivity index (χ4n) is 2.50. The van der Waals surface area contributed by atoms with E-state index in [2.05, 4.69) is 20.2 Å². The van der Waals surface area contributed by atoms with Gasteiger partial charge in [-0.15, -0.1) is 0 Å². The van der Waals surface area contributed by atoms with Gasteiger partial charge in [0, 0.05) is 50.1 Å². The van der Waals surface area contributed by atoms with Crippen LogP contribution in [0.1, 0.15) is 5.56 Å². The summed E-state index contributed by atoms with van der Waals surface area (Å²) in [5, 5.41) is 3.60. The normalized spacial score (nSPS) is 14.7. The quantitative estimate of drug-likeness (QED) is 0.936. The number of nitrogens with one attached hydrogen (secondary N) is 1. The molecule has 1 aromatic carbocycles. The molecular formula is C16H18ClN5O. The molecule has 3 rings (SSSR count). The summed E-state index contributed by atoms with van der Waals surface area (Å²) in [6, 6.07) is 9.23. The van der Waals surface area contributed by atoms with Crippen LogP contribution in [-0.2, 0) is 6.54 Å². The molecule has 0 radical (unpaired) electrons. The van der Waals surface area contributed by atoms with Crippen LogP contribution in [0.5, 0.6) is 0 Å². The highest BCUT2D eigenvalue weighted by atomic mass is 35.5. The van der Waals surface area contributed by atoms with Gasteiger partial charge in [0.1, 0.15) is 0 Å². The summed E-state index contributed by atoms with van der Waals surface area (Å²) < 4.78 is 0. The first-order chi connectivity index (χ1) is 11.2. The SMILES string of the molecule is O=C(NCc1cccc(Cl)c1)N1CCN(c2ncccn2)CC1. The first kappa shape index (κ1) is 15.6. The predicted octanol–water partition coefficient (Wildman–Crippen LogP) is 2.16. The van der Waals surface area contributed by atoms with Crippen LogP contribution in [0.4, 0.5) is 10.7 Å². The summed E-state index contributed by atoms with van der Waals surface area (Å²) in [5.74, 6) is 0.714. The van der Waals surface area contributed by atoms with Crippen LogP contribution in [-0.4, -0.2) is 47.1 Å². The Labute approximate surface area is 140 Å². The van der Waals surface area contributed by atoms with E-state index in [4.69, 9.17) is 11.6 Å². The average Bonchev–Trinajstić information content (AvgIpc) is 2.61. The zero-order chi connectivity index (χ0) is 16.1. The lowest BCUT2D eigenvalue weighted by Gasteiger charge is -2.34. The number of rotatable bonds is 3. The van der Waals surface area contributed by atoms with Crippen molar-refractivity contribution < 1.29 is 4.79 Å². The van der Waals surface area contributed by atoms with Gasteiger partial charge in [-0.1, -0.05) is 23.7 Å². The van der Waals surface area contributed by atoms with Crippen molar-refractivity contribution in [2.24, 2.45) is 0 Å². The minimum Gasteiger partial charge on any atom is -0.337 e. The molecule has 0 bridgehead atoms. The molecule has 1 aromatic heterocycles. The van der Waals surface area contributed by atoms with E-state index in [9.17, 15) is 4.79 Å². The third-order valence-corrected chi connectivity index (χ3v) is 3.97. The molecule has 1 aliphatic rings. The van der Waals surface area contributed by atoms with Gasteiger partial charge in [-0.05, 0) is 23.8 Å². The van der Waals surface area contributed by atoms with Crippen molar-refractivity contribution in [1.82, 2.24) is 20.2 Å². The van der Waals surface area contributed by atoms with Crippen LogP contribution in [0.3, 0.4) is 0 Å². The van der Waals surface area contributed by atoms with Gasteiger partial charge in [0.15, 0.2) is 0 Å². The predicted molar refractivity (Wildman–Crippen MR) is 89.5 cm³/mol. The number of hydrogen-bond donors (Lipinski definition) is 1. The lowest BCUT2D eigenvalue weighted by Crippen LogP contribution is -2.52. The zero-order valence-corrected chi connectivity index (χ0v) is 13.4. The first-order valence-electron chi connectivity index (χ1n) is 7.51. The van der Waals surface area contributed by atoms with E-state index in [-0.39, 0.29) is 6.03 Å². The van der Waals surface area contributed by atoms with Crippen molar-refractivity contribution in [3.63, 3.8) is 0 Å². The number of urea groups is 1. The van der Waals surface area contributed by atoms with Crippen LogP contribution in [0.15, 0.2) is 42.7 Å². The highest BCUT2D eigenvalue weighted by Gasteiger charge is 2.22. The summed E-state index contributed by atoms with van der Waals surface area (Å²) >= 11 is 5.94. The molecule has 120 valence electrons. The highest BCUT2D eigenvalue weighted by molar-refractivity contribution is 6.30. The molecule has 0 unspecified atom stereocenters. The van der Waals surface area contributed by atoms with E-state index in [1.54, 1.807) is 18.5 Å². The molecule has 2 amide bonds. The Kier molecular flexibility index (Phi) is 4.92. The topological polar surface area (TPSA) is 61.4 Å². The van der Waals surface area contributed by atoms with Crippen LogP contribution >= 0.6 is 11.6 Å². The second-order valence-electron chi connectivity index (χ2n) is 5.31. The second-order valence-corrected chi connectivity index (χ2v) is 5.75. The Bertz CT molecular complexity index is 659. The van der Waals surface area contributed by atoms with E-state index in [1.165, 1.54) is 0 Å². The summed E-state index contributed by atoms with van der Waals surface area (Å²) in [5.41, 5.74) is 0.988. The van der Waals surface area contributed by atoms with Crippen molar-refractivity contribution in [2.75, 3.05) is 31.1 Å². The highest BCUT2D eigenvalue weighted by Crippen LogP contribution is 2.12. The minimum atomic E-state index is -0.0568. The Hall–Kier alpha value is -2.34. The van der Waals surface area contributed by atoms with E-state index >= 15 is 0 Å². The number of halogens is 1. The summed E-state index contributed by atoms with van der Waals surface area (Å²) in [7, 11) is 0. The number of aromatic nitrogens is 2. The fourth-order valence-corrected chi connectivity index (χ4v) is 2.71. The van der Waals surface area contributed by atoms with Gasteiger partial charge in [0.25, 0.3) is 0 Å². The number of carbonyl (C=O) groups excluding carboxylic acids is 1. The second kappa shape index (κ2) is 7.28. The number of hydrogen-bond acceptors (Lipinski definition) is 4. The van der Waals surface area contributed by atoms with E-state index in [0.29, 0.717) is 30.6 Å². The van der Waals surface area contributed by atoms with Crippen molar-refractivity contribution in [2.45, 2.75) is 6.54 Å². The zero-order valence-electron chi connectivity index (χ0n) is 12.7. The van der Waals surface area contributed by atoms with Crippen molar-refractivity contribution >= 4 is 23.6 Å². The molecule has 6 nitrogen and oxygen atoms in total. The van der Waals surface area contributed by atoms with Crippen LogP contribution in [0.2, 0.25) is 5.02 Å². The lowest BCUT2D eigenvalue weighted by molar-refractivity contribution is 0.193. The van der Waals surface area contributed by atoms with E-state index in [1.807, 2.05) is 29.2 Å². The molecule has 0 atom stereocenters. The third-order valence-electron chi connectivity index (χ3n) is 3.73.